The zero-order valence-electron chi connectivity index (χ0n) is 10.7. The number of para-hydroxylation sites is 1. The maximum atomic E-state index is 11.8. The van der Waals surface area contributed by atoms with Gasteiger partial charge in [-0.05, 0) is 31.4 Å². The van der Waals surface area contributed by atoms with Gasteiger partial charge in [0, 0.05) is 6.54 Å². The van der Waals surface area contributed by atoms with Crippen molar-refractivity contribution in [2.75, 3.05) is 24.2 Å². The van der Waals surface area contributed by atoms with E-state index in [1.54, 1.807) is 25.1 Å². The summed E-state index contributed by atoms with van der Waals surface area (Å²) in [5.74, 6) is 0.534. The molecule has 3 N–H and O–H groups in total. The van der Waals surface area contributed by atoms with Crippen LogP contribution in [0.25, 0.3) is 0 Å². The number of esters is 1. The zero-order valence-corrected chi connectivity index (χ0v) is 10.7. The average molecular weight is 248 g/mol. The molecule has 1 aromatic carbocycles. The van der Waals surface area contributed by atoms with E-state index in [4.69, 9.17) is 10.5 Å². The van der Waals surface area contributed by atoms with Crippen LogP contribution in [0.3, 0.4) is 0 Å². The molecule has 0 atom stereocenters. The summed E-state index contributed by atoms with van der Waals surface area (Å²) in [6.07, 6.45) is 3.80. The van der Waals surface area contributed by atoms with E-state index in [1.807, 2.05) is 0 Å². The van der Waals surface area contributed by atoms with Gasteiger partial charge in [-0.1, -0.05) is 18.9 Å². The van der Waals surface area contributed by atoms with Gasteiger partial charge < -0.3 is 15.8 Å². The maximum absolute atomic E-state index is 11.8. The molecule has 4 nitrogen and oxygen atoms in total. The summed E-state index contributed by atoms with van der Waals surface area (Å²) in [7, 11) is 0. The van der Waals surface area contributed by atoms with Gasteiger partial charge in [0.05, 0.1) is 23.5 Å². The first-order valence-electron chi connectivity index (χ1n) is 6.52. The molecule has 1 aliphatic carbocycles. The molecule has 0 spiro atoms. The first-order chi connectivity index (χ1) is 8.72. The van der Waals surface area contributed by atoms with Gasteiger partial charge >= 0.3 is 5.97 Å². The minimum absolute atomic E-state index is 0.321. The fourth-order valence-electron chi connectivity index (χ4n) is 1.95. The maximum Gasteiger partial charge on any atom is 0.340 e. The monoisotopic (exact) mass is 248 g/mol. The topological polar surface area (TPSA) is 64.3 Å². The van der Waals surface area contributed by atoms with Crippen LogP contribution in [-0.2, 0) is 4.74 Å². The van der Waals surface area contributed by atoms with E-state index in [-0.39, 0.29) is 5.97 Å². The van der Waals surface area contributed by atoms with Crippen molar-refractivity contribution in [1.82, 2.24) is 0 Å². The Hall–Kier alpha value is -1.71. The van der Waals surface area contributed by atoms with Crippen molar-refractivity contribution in [2.24, 2.45) is 5.92 Å². The number of nitrogen functional groups attached to an aromatic ring is 1. The molecule has 0 radical (unpaired) electrons. The third kappa shape index (κ3) is 3.15. The van der Waals surface area contributed by atoms with Crippen molar-refractivity contribution in [2.45, 2.75) is 26.2 Å². The summed E-state index contributed by atoms with van der Waals surface area (Å²) in [6.45, 7) is 3.02. The molecule has 0 bridgehead atoms. The van der Waals surface area contributed by atoms with Crippen LogP contribution in [-0.4, -0.2) is 19.1 Å². The number of nitrogens with two attached hydrogens (primary N) is 1. The van der Waals surface area contributed by atoms with Gasteiger partial charge in [0.2, 0.25) is 0 Å². The van der Waals surface area contributed by atoms with Crippen LogP contribution in [0.2, 0.25) is 0 Å². The van der Waals surface area contributed by atoms with E-state index in [9.17, 15) is 4.79 Å². The minimum Gasteiger partial charge on any atom is -0.462 e. The second-order valence-electron chi connectivity index (χ2n) is 4.65. The summed E-state index contributed by atoms with van der Waals surface area (Å²) in [5, 5.41) is 3.27. The smallest absolute Gasteiger partial charge is 0.340 e. The molecule has 0 saturated heterocycles. The normalized spacial score (nSPS) is 14.3. The highest BCUT2D eigenvalue weighted by molar-refractivity contribution is 5.98. The number of ether oxygens (including phenoxy) is 1. The number of anilines is 2. The van der Waals surface area contributed by atoms with Crippen molar-refractivity contribution in [3.63, 3.8) is 0 Å². The molecule has 1 fully saturated rings. The Morgan fingerprint density at radius 1 is 1.50 bits per heavy atom. The Morgan fingerprint density at radius 3 is 2.94 bits per heavy atom. The summed E-state index contributed by atoms with van der Waals surface area (Å²) >= 11 is 0. The van der Waals surface area contributed by atoms with Crippen molar-refractivity contribution < 1.29 is 9.53 Å². The van der Waals surface area contributed by atoms with E-state index in [0.717, 1.165) is 18.9 Å². The Bertz CT molecular complexity index is 428. The molecule has 1 aromatic rings. The Morgan fingerprint density at radius 2 is 2.28 bits per heavy atom. The lowest BCUT2D eigenvalue weighted by Gasteiger charge is -2.13. The predicted molar refractivity (Wildman–Crippen MR) is 72.6 cm³/mol. The molecular weight excluding hydrogens is 228 g/mol. The first kappa shape index (κ1) is 12.7. The Balaban J connectivity index is 2.06. The fraction of sp³-hybridized carbons (Fsp3) is 0.500. The van der Waals surface area contributed by atoms with Gasteiger partial charge in [-0.25, -0.2) is 4.79 Å². The molecule has 0 unspecified atom stereocenters. The highest BCUT2D eigenvalue weighted by Gasteiger charge is 2.21. The van der Waals surface area contributed by atoms with Crippen LogP contribution in [0.1, 0.15) is 36.5 Å². The van der Waals surface area contributed by atoms with Crippen LogP contribution in [0.5, 0.6) is 0 Å². The standard InChI is InChI=1S/C14H20N2O2/c1-2-18-14(17)11-4-3-5-12(15)13(11)16-9-8-10-6-7-10/h3-5,10,16H,2,6-9,15H2,1H3. The van der Waals surface area contributed by atoms with Crippen LogP contribution in [0.4, 0.5) is 11.4 Å². The number of nitrogens with one attached hydrogen (secondary N) is 1. The molecule has 98 valence electrons. The largest absolute Gasteiger partial charge is 0.462 e. The van der Waals surface area contributed by atoms with Crippen LogP contribution >= 0.6 is 0 Å². The zero-order chi connectivity index (χ0) is 13.0. The summed E-state index contributed by atoms with van der Waals surface area (Å²) in [5.41, 5.74) is 7.74. The summed E-state index contributed by atoms with van der Waals surface area (Å²) in [6, 6.07) is 5.31. The molecule has 1 aliphatic rings. The predicted octanol–water partition coefficient (Wildman–Crippen LogP) is 2.66. The van der Waals surface area contributed by atoms with Crippen molar-refractivity contribution in [1.29, 1.82) is 0 Å². The first-order valence-corrected chi connectivity index (χ1v) is 6.52. The molecule has 0 aromatic heterocycles. The summed E-state index contributed by atoms with van der Waals surface area (Å²) in [4.78, 5) is 11.8. The van der Waals surface area contributed by atoms with E-state index < -0.39 is 0 Å². The quantitative estimate of drug-likeness (QED) is 0.600. The Labute approximate surface area is 108 Å². The fourth-order valence-corrected chi connectivity index (χ4v) is 1.95. The van der Waals surface area contributed by atoms with E-state index in [0.29, 0.717) is 23.5 Å². The highest BCUT2D eigenvalue weighted by atomic mass is 16.5. The van der Waals surface area contributed by atoms with Gasteiger partial charge in [-0.2, -0.15) is 0 Å². The molecule has 0 amide bonds. The minimum atomic E-state index is -0.321. The number of benzene rings is 1. The van der Waals surface area contributed by atoms with Crippen molar-refractivity contribution >= 4 is 17.3 Å². The van der Waals surface area contributed by atoms with Crippen LogP contribution in [0, 0.1) is 5.92 Å². The van der Waals surface area contributed by atoms with Gasteiger partial charge in [0.1, 0.15) is 0 Å². The highest BCUT2D eigenvalue weighted by Crippen LogP contribution is 2.32. The second kappa shape index (κ2) is 5.76. The molecule has 0 aliphatic heterocycles. The SMILES string of the molecule is CCOC(=O)c1cccc(N)c1NCCC1CC1. The van der Waals surface area contributed by atoms with Crippen molar-refractivity contribution in [3.05, 3.63) is 23.8 Å². The average Bonchev–Trinajstić information content (AvgIpc) is 3.15. The lowest BCUT2D eigenvalue weighted by molar-refractivity contribution is 0.0527. The summed E-state index contributed by atoms with van der Waals surface area (Å²) < 4.78 is 5.03. The number of carbonyl (C=O) groups excluding carboxylic acids is 1. The van der Waals surface area contributed by atoms with Crippen molar-refractivity contribution in [3.8, 4) is 0 Å². The van der Waals surface area contributed by atoms with E-state index in [2.05, 4.69) is 5.32 Å². The third-order valence-electron chi connectivity index (χ3n) is 3.14. The number of hydrogen-bond donors (Lipinski definition) is 2. The molecular formula is C14H20N2O2. The number of rotatable bonds is 6. The van der Waals surface area contributed by atoms with Gasteiger partial charge in [0.25, 0.3) is 0 Å². The van der Waals surface area contributed by atoms with E-state index >= 15 is 0 Å². The second-order valence-corrected chi connectivity index (χ2v) is 4.65. The van der Waals surface area contributed by atoms with E-state index in [1.165, 1.54) is 12.8 Å². The number of carbonyl (C=O) groups is 1. The van der Waals surface area contributed by atoms with Gasteiger partial charge in [0.15, 0.2) is 0 Å². The van der Waals surface area contributed by atoms with Gasteiger partial charge in [-0.15, -0.1) is 0 Å². The lowest BCUT2D eigenvalue weighted by atomic mass is 10.1. The molecule has 4 heteroatoms. The number of hydrogen-bond acceptors (Lipinski definition) is 4. The molecule has 1 saturated carbocycles. The Kier molecular flexibility index (Phi) is 4.07. The molecule has 0 heterocycles. The lowest BCUT2D eigenvalue weighted by Crippen LogP contribution is -2.12. The molecule has 2 rings (SSSR count). The third-order valence-corrected chi connectivity index (χ3v) is 3.14. The molecule has 18 heavy (non-hydrogen) atoms. The van der Waals surface area contributed by atoms with Crippen LogP contribution < -0.4 is 11.1 Å². The van der Waals surface area contributed by atoms with Gasteiger partial charge in [-0.3, -0.25) is 0 Å². The van der Waals surface area contributed by atoms with Crippen LogP contribution in [0.15, 0.2) is 18.2 Å².